The number of nitrogens with zero attached hydrogens (tertiary/aromatic N) is 1. The van der Waals surface area contributed by atoms with Gasteiger partial charge in [-0.15, -0.1) is 0 Å². The fourth-order valence-electron chi connectivity index (χ4n) is 1.78. The Morgan fingerprint density at radius 2 is 1.92 bits per heavy atom. The quantitative estimate of drug-likeness (QED) is 0.400. The summed E-state index contributed by atoms with van der Waals surface area (Å²) in [5.41, 5.74) is 0.519. The molecule has 0 atom stereocenters. The fourth-order valence-corrected chi connectivity index (χ4v) is 1.78. The van der Waals surface area contributed by atoms with E-state index in [0.29, 0.717) is 36.7 Å². The van der Waals surface area contributed by atoms with Gasteiger partial charge in [-0.1, -0.05) is 6.07 Å². The van der Waals surface area contributed by atoms with Gasteiger partial charge in [0.2, 0.25) is 0 Å². The van der Waals surface area contributed by atoms with Crippen LogP contribution < -0.4 is 16.0 Å². The number of carbonyl (C=O) groups is 1. The van der Waals surface area contributed by atoms with Crippen molar-refractivity contribution in [2.75, 3.05) is 33.8 Å². The molecule has 7 heteroatoms. The average Bonchev–Trinajstić information content (AvgIpc) is 2.56. The van der Waals surface area contributed by atoms with Gasteiger partial charge in [0.1, 0.15) is 5.82 Å². The maximum atomic E-state index is 13.5. The molecule has 0 bridgehead atoms. The van der Waals surface area contributed by atoms with Crippen molar-refractivity contribution in [3.05, 3.63) is 35.1 Å². The zero-order valence-corrected chi connectivity index (χ0v) is 15.0. The van der Waals surface area contributed by atoms with Gasteiger partial charge in [0.15, 0.2) is 5.96 Å². The largest absolute Gasteiger partial charge is 0.377 e. The summed E-state index contributed by atoms with van der Waals surface area (Å²) in [4.78, 5) is 16.0. The summed E-state index contributed by atoms with van der Waals surface area (Å²) < 4.78 is 18.8. The van der Waals surface area contributed by atoms with Crippen molar-refractivity contribution in [3.63, 3.8) is 0 Å². The van der Waals surface area contributed by atoms with Crippen LogP contribution in [0.25, 0.3) is 0 Å². The molecule has 134 valence electrons. The van der Waals surface area contributed by atoms with E-state index in [9.17, 15) is 9.18 Å². The number of rotatable bonds is 7. The number of halogens is 1. The van der Waals surface area contributed by atoms with Crippen LogP contribution in [0.4, 0.5) is 4.39 Å². The molecule has 0 aliphatic heterocycles. The molecule has 0 saturated carbocycles. The average molecular weight is 338 g/mol. The molecule has 1 aromatic carbocycles. The summed E-state index contributed by atoms with van der Waals surface area (Å²) in [6.45, 7) is 7.07. The second-order valence-electron chi connectivity index (χ2n) is 6.04. The third kappa shape index (κ3) is 6.54. The fraction of sp³-hybridized carbons (Fsp3) is 0.529. The van der Waals surface area contributed by atoms with Crippen molar-refractivity contribution in [1.82, 2.24) is 16.0 Å². The van der Waals surface area contributed by atoms with Crippen LogP contribution in [0.15, 0.2) is 23.2 Å². The zero-order chi connectivity index (χ0) is 18.2. The summed E-state index contributed by atoms with van der Waals surface area (Å²) in [6.07, 6.45) is 0. The van der Waals surface area contributed by atoms with E-state index in [4.69, 9.17) is 4.74 Å². The minimum atomic E-state index is -0.383. The first-order valence-corrected chi connectivity index (χ1v) is 7.83. The number of methoxy groups -OCH3 is 1. The van der Waals surface area contributed by atoms with Crippen LogP contribution in [-0.4, -0.2) is 51.3 Å². The smallest absolute Gasteiger partial charge is 0.251 e. The number of nitrogens with one attached hydrogen (secondary N) is 3. The number of aliphatic imine (C=N–C) groups is 1. The summed E-state index contributed by atoms with van der Waals surface area (Å²) in [6, 6.07) is 4.44. The molecule has 0 fully saturated rings. The summed E-state index contributed by atoms with van der Waals surface area (Å²) in [5.74, 6) is -0.0685. The predicted molar refractivity (Wildman–Crippen MR) is 93.9 cm³/mol. The van der Waals surface area contributed by atoms with E-state index in [1.54, 1.807) is 33.2 Å². The van der Waals surface area contributed by atoms with Gasteiger partial charge in [0.05, 0.1) is 5.60 Å². The number of hydrogen-bond acceptors (Lipinski definition) is 3. The number of hydrogen-bond donors (Lipinski definition) is 3. The first-order chi connectivity index (χ1) is 11.3. The number of carbonyl (C=O) groups excluding carboxylic acids is 1. The molecule has 0 aliphatic carbocycles. The Labute approximate surface area is 142 Å². The third-order valence-corrected chi connectivity index (χ3v) is 3.59. The predicted octanol–water partition coefficient (Wildman–Crippen LogP) is 1.45. The van der Waals surface area contributed by atoms with Gasteiger partial charge in [-0.25, -0.2) is 4.39 Å². The molecule has 1 amide bonds. The third-order valence-electron chi connectivity index (χ3n) is 3.59. The molecule has 0 aromatic heterocycles. The van der Waals surface area contributed by atoms with Gasteiger partial charge in [0, 0.05) is 39.4 Å². The van der Waals surface area contributed by atoms with Crippen molar-refractivity contribution in [1.29, 1.82) is 0 Å². The number of ether oxygens (including phenoxy) is 1. The molecule has 0 spiro atoms. The lowest BCUT2D eigenvalue weighted by Gasteiger charge is -2.24. The highest BCUT2D eigenvalue weighted by Crippen LogP contribution is 2.08. The monoisotopic (exact) mass is 338 g/mol. The minimum absolute atomic E-state index is 0.304. The van der Waals surface area contributed by atoms with Gasteiger partial charge in [-0.05, 0) is 38.5 Å². The molecule has 24 heavy (non-hydrogen) atoms. The highest BCUT2D eigenvalue weighted by atomic mass is 19.1. The maximum Gasteiger partial charge on any atom is 0.251 e. The summed E-state index contributed by atoms with van der Waals surface area (Å²) in [5, 5.41) is 8.97. The minimum Gasteiger partial charge on any atom is -0.377 e. The van der Waals surface area contributed by atoms with Gasteiger partial charge in [-0.2, -0.15) is 0 Å². The van der Waals surface area contributed by atoms with E-state index in [1.807, 2.05) is 13.8 Å². The molecule has 6 nitrogen and oxygen atoms in total. The van der Waals surface area contributed by atoms with Crippen LogP contribution in [0.5, 0.6) is 0 Å². The first kappa shape index (κ1) is 19.9. The number of amides is 1. The van der Waals surface area contributed by atoms with Crippen LogP contribution in [0.2, 0.25) is 0 Å². The SMILES string of the molecule is CN=C(NCCNC(=O)c1ccc(C)c(F)c1)NCC(C)(C)OC. The van der Waals surface area contributed by atoms with E-state index in [2.05, 4.69) is 20.9 Å². The molecule has 0 aliphatic rings. The van der Waals surface area contributed by atoms with Gasteiger partial charge < -0.3 is 20.7 Å². The Hall–Kier alpha value is -2.15. The standard InChI is InChI=1S/C17H27FN4O2/c1-12-6-7-13(10-14(12)18)15(23)20-8-9-21-16(19-4)22-11-17(2,3)24-5/h6-7,10H,8-9,11H2,1-5H3,(H,20,23)(H2,19,21,22). The normalized spacial score (nSPS) is 12.0. The lowest BCUT2D eigenvalue weighted by Crippen LogP contribution is -2.46. The van der Waals surface area contributed by atoms with E-state index in [0.717, 1.165) is 0 Å². The highest BCUT2D eigenvalue weighted by Gasteiger charge is 2.16. The maximum absolute atomic E-state index is 13.5. The van der Waals surface area contributed by atoms with Gasteiger partial charge >= 0.3 is 0 Å². The Bertz CT molecular complexity index is 588. The van der Waals surface area contributed by atoms with E-state index < -0.39 is 0 Å². The molecular formula is C17H27FN4O2. The van der Waals surface area contributed by atoms with Crippen molar-refractivity contribution in [3.8, 4) is 0 Å². The lowest BCUT2D eigenvalue weighted by molar-refractivity contribution is 0.0268. The molecule has 0 radical (unpaired) electrons. The van der Waals surface area contributed by atoms with E-state index in [1.165, 1.54) is 6.07 Å². The van der Waals surface area contributed by atoms with E-state index >= 15 is 0 Å². The second kappa shape index (κ2) is 9.22. The van der Waals surface area contributed by atoms with Gasteiger partial charge in [-0.3, -0.25) is 9.79 Å². The van der Waals surface area contributed by atoms with Crippen LogP contribution in [0.3, 0.4) is 0 Å². The molecule has 0 unspecified atom stereocenters. The second-order valence-corrected chi connectivity index (χ2v) is 6.04. The highest BCUT2D eigenvalue weighted by molar-refractivity contribution is 5.94. The summed E-state index contributed by atoms with van der Waals surface area (Å²) in [7, 11) is 3.32. The van der Waals surface area contributed by atoms with Gasteiger partial charge in [0.25, 0.3) is 5.91 Å². The molecular weight excluding hydrogens is 311 g/mol. The van der Waals surface area contributed by atoms with E-state index in [-0.39, 0.29) is 17.3 Å². The Morgan fingerprint density at radius 3 is 2.50 bits per heavy atom. The number of guanidine groups is 1. The van der Waals surface area contributed by atoms with Crippen LogP contribution in [0, 0.1) is 12.7 Å². The summed E-state index contributed by atoms with van der Waals surface area (Å²) >= 11 is 0. The topological polar surface area (TPSA) is 74.8 Å². The Morgan fingerprint density at radius 1 is 1.25 bits per heavy atom. The zero-order valence-electron chi connectivity index (χ0n) is 15.0. The number of aryl methyl sites for hydroxylation is 1. The Kier molecular flexibility index (Phi) is 7.64. The van der Waals surface area contributed by atoms with Crippen molar-refractivity contribution in [2.45, 2.75) is 26.4 Å². The molecule has 1 aromatic rings. The van der Waals surface area contributed by atoms with Crippen molar-refractivity contribution < 1.29 is 13.9 Å². The Balaban J connectivity index is 2.36. The number of benzene rings is 1. The van der Waals surface area contributed by atoms with Crippen LogP contribution in [-0.2, 0) is 4.74 Å². The lowest BCUT2D eigenvalue weighted by atomic mass is 10.1. The van der Waals surface area contributed by atoms with Crippen molar-refractivity contribution in [2.24, 2.45) is 4.99 Å². The van der Waals surface area contributed by atoms with Crippen LogP contribution >= 0.6 is 0 Å². The van der Waals surface area contributed by atoms with Crippen LogP contribution in [0.1, 0.15) is 29.8 Å². The molecule has 3 N–H and O–H groups in total. The van der Waals surface area contributed by atoms with Crippen molar-refractivity contribution >= 4 is 11.9 Å². The molecule has 0 saturated heterocycles. The first-order valence-electron chi connectivity index (χ1n) is 7.83. The molecule has 0 heterocycles. The molecule has 1 rings (SSSR count).